The Balaban J connectivity index is 2.41. The summed E-state index contributed by atoms with van der Waals surface area (Å²) in [6, 6.07) is 12.9. The number of nitrogens with one attached hydrogen (secondary N) is 1. The zero-order valence-corrected chi connectivity index (χ0v) is 17.5. The van der Waals surface area contributed by atoms with Crippen molar-refractivity contribution in [1.82, 2.24) is 5.32 Å². The van der Waals surface area contributed by atoms with E-state index in [0.29, 0.717) is 10.7 Å². The molecule has 0 saturated heterocycles. The van der Waals surface area contributed by atoms with Gasteiger partial charge >= 0.3 is 0 Å². The second kappa shape index (κ2) is 8.76. The monoisotopic (exact) mass is 408 g/mol. The molecular weight excluding hydrogens is 384 g/mol. The lowest BCUT2D eigenvalue weighted by atomic mass is 10.1. The van der Waals surface area contributed by atoms with Crippen LogP contribution in [0, 0.1) is 12.8 Å². The van der Waals surface area contributed by atoms with E-state index in [-0.39, 0.29) is 29.3 Å². The van der Waals surface area contributed by atoms with Gasteiger partial charge in [-0.05, 0) is 50.1 Å². The second-order valence-corrected chi connectivity index (χ2v) is 9.20. The Bertz CT molecular complexity index is 896. The Labute approximate surface area is 166 Å². The van der Waals surface area contributed by atoms with Crippen LogP contribution >= 0.6 is 11.6 Å². The number of carbonyl (C=O) groups is 1. The minimum Gasteiger partial charge on any atom is -0.352 e. The van der Waals surface area contributed by atoms with Gasteiger partial charge in [-0.15, -0.1) is 0 Å². The van der Waals surface area contributed by atoms with E-state index in [1.165, 1.54) is 18.2 Å². The normalized spacial score (nSPS) is 12.7. The number of rotatable bonds is 7. The van der Waals surface area contributed by atoms with Gasteiger partial charge in [0.1, 0.15) is 6.54 Å². The van der Waals surface area contributed by atoms with Crippen LogP contribution in [0.4, 0.5) is 5.69 Å². The summed E-state index contributed by atoms with van der Waals surface area (Å²) in [5.74, 6) is -0.130. The minimum atomic E-state index is -3.92. The van der Waals surface area contributed by atoms with Crippen molar-refractivity contribution in [2.45, 2.75) is 38.6 Å². The Hall–Kier alpha value is -2.05. The SMILES string of the molecule is Cc1ccc(S(=O)(=O)N(CC(=O)N[C@@H](C)C(C)C)c2cccc(Cl)c2)cc1. The van der Waals surface area contributed by atoms with Gasteiger partial charge in [0.05, 0.1) is 10.6 Å². The molecule has 27 heavy (non-hydrogen) atoms. The predicted molar refractivity (Wildman–Crippen MR) is 110 cm³/mol. The molecule has 5 nitrogen and oxygen atoms in total. The zero-order chi connectivity index (χ0) is 20.2. The Morgan fingerprint density at radius 3 is 2.30 bits per heavy atom. The average molecular weight is 409 g/mol. The van der Waals surface area contributed by atoms with Gasteiger partial charge < -0.3 is 5.32 Å². The quantitative estimate of drug-likeness (QED) is 0.752. The van der Waals surface area contributed by atoms with Gasteiger partial charge in [0.25, 0.3) is 10.0 Å². The molecule has 0 aliphatic rings. The Kier molecular flexibility index (Phi) is 6.89. The number of halogens is 1. The molecule has 2 aromatic carbocycles. The summed E-state index contributed by atoms with van der Waals surface area (Å²) in [4.78, 5) is 12.6. The van der Waals surface area contributed by atoms with E-state index in [1.807, 2.05) is 27.7 Å². The van der Waals surface area contributed by atoms with Crippen molar-refractivity contribution in [3.05, 3.63) is 59.1 Å². The van der Waals surface area contributed by atoms with Crippen molar-refractivity contribution in [1.29, 1.82) is 0 Å². The lowest BCUT2D eigenvalue weighted by molar-refractivity contribution is -0.120. The van der Waals surface area contributed by atoms with Crippen LogP contribution in [0.5, 0.6) is 0 Å². The van der Waals surface area contributed by atoms with Crippen LogP contribution < -0.4 is 9.62 Å². The summed E-state index contributed by atoms with van der Waals surface area (Å²) >= 11 is 6.05. The first kappa shape index (κ1) is 21.3. The van der Waals surface area contributed by atoms with Crippen molar-refractivity contribution >= 4 is 33.2 Å². The molecule has 0 spiro atoms. The van der Waals surface area contributed by atoms with Crippen molar-refractivity contribution in [2.75, 3.05) is 10.8 Å². The Morgan fingerprint density at radius 2 is 1.74 bits per heavy atom. The molecule has 2 rings (SSSR count). The summed E-state index contributed by atoms with van der Waals surface area (Å²) in [5.41, 5.74) is 1.29. The maximum atomic E-state index is 13.2. The van der Waals surface area contributed by atoms with E-state index in [9.17, 15) is 13.2 Å². The largest absolute Gasteiger partial charge is 0.352 e. The zero-order valence-electron chi connectivity index (χ0n) is 15.9. The number of amides is 1. The highest BCUT2D eigenvalue weighted by Crippen LogP contribution is 2.26. The van der Waals surface area contributed by atoms with Crippen LogP contribution in [0.1, 0.15) is 26.3 Å². The van der Waals surface area contributed by atoms with E-state index in [1.54, 1.807) is 30.3 Å². The van der Waals surface area contributed by atoms with Gasteiger partial charge in [0.15, 0.2) is 0 Å². The summed E-state index contributed by atoms with van der Waals surface area (Å²) in [7, 11) is -3.92. The molecule has 1 atom stereocenters. The highest BCUT2D eigenvalue weighted by atomic mass is 35.5. The molecule has 1 N–H and O–H groups in total. The smallest absolute Gasteiger partial charge is 0.264 e. The fourth-order valence-corrected chi connectivity index (χ4v) is 3.98. The third-order valence-electron chi connectivity index (χ3n) is 4.38. The number of nitrogens with zero attached hydrogens (tertiary/aromatic N) is 1. The minimum absolute atomic E-state index is 0.0687. The maximum absolute atomic E-state index is 13.2. The van der Waals surface area contributed by atoms with Crippen LogP contribution in [0.2, 0.25) is 5.02 Å². The van der Waals surface area contributed by atoms with Gasteiger partial charge in [-0.3, -0.25) is 9.10 Å². The fourth-order valence-electron chi connectivity index (χ4n) is 2.38. The summed E-state index contributed by atoms with van der Waals surface area (Å²) in [6.07, 6.45) is 0. The molecule has 0 saturated carbocycles. The van der Waals surface area contributed by atoms with E-state index in [4.69, 9.17) is 11.6 Å². The highest BCUT2D eigenvalue weighted by molar-refractivity contribution is 7.92. The molecule has 0 aliphatic carbocycles. The van der Waals surface area contributed by atoms with Gasteiger partial charge in [-0.2, -0.15) is 0 Å². The maximum Gasteiger partial charge on any atom is 0.264 e. The van der Waals surface area contributed by atoms with Crippen molar-refractivity contribution in [3.8, 4) is 0 Å². The lowest BCUT2D eigenvalue weighted by Crippen LogP contribution is -2.45. The molecule has 0 heterocycles. The van der Waals surface area contributed by atoms with Crippen LogP contribution in [-0.2, 0) is 14.8 Å². The second-order valence-electron chi connectivity index (χ2n) is 6.90. The van der Waals surface area contributed by atoms with Crippen molar-refractivity contribution in [2.24, 2.45) is 5.92 Å². The number of hydrogen-bond donors (Lipinski definition) is 1. The molecule has 0 fully saturated rings. The molecule has 146 valence electrons. The first-order chi connectivity index (χ1) is 12.6. The number of benzene rings is 2. The standard InChI is InChI=1S/C20H25ClN2O3S/c1-14(2)16(4)22-20(24)13-23(18-7-5-6-17(21)12-18)27(25,26)19-10-8-15(3)9-11-19/h5-12,14,16H,13H2,1-4H3,(H,22,24)/t16-/m0/s1. The number of carbonyl (C=O) groups excluding carboxylic acids is 1. The first-order valence-electron chi connectivity index (χ1n) is 8.75. The third-order valence-corrected chi connectivity index (χ3v) is 6.40. The summed E-state index contributed by atoms with van der Waals surface area (Å²) < 4.78 is 27.5. The van der Waals surface area contributed by atoms with E-state index >= 15 is 0 Å². The van der Waals surface area contributed by atoms with E-state index < -0.39 is 10.0 Å². The van der Waals surface area contributed by atoms with Gasteiger partial charge in [-0.25, -0.2) is 8.42 Å². The molecule has 0 unspecified atom stereocenters. The summed E-state index contributed by atoms with van der Waals surface area (Å²) in [6.45, 7) is 7.42. The van der Waals surface area contributed by atoms with Crippen molar-refractivity contribution < 1.29 is 13.2 Å². The molecule has 0 aliphatic heterocycles. The van der Waals surface area contributed by atoms with Gasteiger partial charge in [0, 0.05) is 11.1 Å². The first-order valence-corrected chi connectivity index (χ1v) is 10.6. The highest BCUT2D eigenvalue weighted by Gasteiger charge is 2.28. The number of hydrogen-bond acceptors (Lipinski definition) is 3. The number of anilines is 1. The number of aryl methyl sites for hydroxylation is 1. The Morgan fingerprint density at radius 1 is 1.11 bits per heavy atom. The van der Waals surface area contributed by atoms with Gasteiger partial charge in [-0.1, -0.05) is 49.2 Å². The average Bonchev–Trinajstić information content (AvgIpc) is 2.59. The molecule has 0 radical (unpaired) electrons. The van der Waals surface area contributed by atoms with Crippen molar-refractivity contribution in [3.63, 3.8) is 0 Å². The topological polar surface area (TPSA) is 66.5 Å². The molecule has 2 aromatic rings. The van der Waals surface area contributed by atoms with E-state index in [2.05, 4.69) is 5.32 Å². The fraction of sp³-hybridized carbons (Fsp3) is 0.350. The molecule has 0 bridgehead atoms. The van der Waals surface area contributed by atoms with Crippen LogP contribution in [0.25, 0.3) is 0 Å². The molecule has 0 aromatic heterocycles. The van der Waals surface area contributed by atoms with Gasteiger partial charge in [0.2, 0.25) is 5.91 Å². The summed E-state index contributed by atoms with van der Waals surface area (Å²) in [5, 5.41) is 3.24. The third kappa shape index (κ3) is 5.47. The predicted octanol–water partition coefficient (Wildman–Crippen LogP) is 4.00. The molecule has 1 amide bonds. The molecular formula is C20H25ClN2O3S. The number of sulfonamides is 1. The van der Waals surface area contributed by atoms with Crippen LogP contribution in [0.15, 0.2) is 53.4 Å². The molecule has 7 heteroatoms. The lowest BCUT2D eigenvalue weighted by Gasteiger charge is -2.26. The van der Waals surface area contributed by atoms with E-state index in [0.717, 1.165) is 9.87 Å². The van der Waals surface area contributed by atoms with Crippen LogP contribution in [0.3, 0.4) is 0 Å². The van der Waals surface area contributed by atoms with Crippen LogP contribution in [-0.4, -0.2) is 26.9 Å².